The van der Waals surface area contributed by atoms with Gasteiger partial charge in [0.05, 0.1) is 0 Å². The lowest BCUT2D eigenvalue weighted by atomic mass is 10.1. The Morgan fingerprint density at radius 2 is 1.88 bits per heavy atom. The molecule has 4 N–H and O–H groups in total. The first-order chi connectivity index (χ1) is 8.04. The van der Waals surface area contributed by atoms with E-state index in [0.29, 0.717) is 11.5 Å². The molecule has 1 heterocycles. The quantitative estimate of drug-likeness (QED) is 0.736. The molecule has 88 valence electrons. The van der Waals surface area contributed by atoms with Crippen LogP contribution in [0, 0.1) is 13.8 Å². The zero-order valence-corrected chi connectivity index (χ0v) is 9.74. The number of nitrogen functional groups attached to an aromatic ring is 1. The minimum absolute atomic E-state index is 0.251. The number of nitrogens with two attached hydrogens (primary N) is 1. The van der Waals surface area contributed by atoms with Gasteiger partial charge in [0.15, 0.2) is 0 Å². The minimum Gasteiger partial charge on any atom is -0.382 e. The summed E-state index contributed by atoms with van der Waals surface area (Å²) in [7, 11) is 0. The van der Waals surface area contributed by atoms with Crippen LogP contribution in [0.15, 0.2) is 24.3 Å². The van der Waals surface area contributed by atoms with Gasteiger partial charge < -0.3 is 11.1 Å². The Bertz CT molecular complexity index is 539. The number of H-pyrrole nitrogens is 1. The molecule has 1 aromatic heterocycles. The van der Waals surface area contributed by atoms with E-state index in [2.05, 4.69) is 15.5 Å². The van der Waals surface area contributed by atoms with Crippen LogP contribution in [0.2, 0.25) is 0 Å². The van der Waals surface area contributed by atoms with Crippen LogP contribution in [-0.2, 0) is 0 Å². The predicted octanol–water partition coefficient (Wildman–Crippen LogP) is 1.86. The van der Waals surface area contributed by atoms with E-state index in [0.717, 1.165) is 16.8 Å². The largest absolute Gasteiger partial charge is 0.382 e. The van der Waals surface area contributed by atoms with E-state index in [9.17, 15) is 4.79 Å². The van der Waals surface area contributed by atoms with Gasteiger partial charge in [-0.15, -0.1) is 0 Å². The summed E-state index contributed by atoms with van der Waals surface area (Å²) in [5.41, 5.74) is 8.75. The summed E-state index contributed by atoms with van der Waals surface area (Å²) in [4.78, 5) is 11.8. The number of nitrogens with zero attached hydrogens (tertiary/aromatic N) is 1. The zero-order chi connectivity index (χ0) is 12.4. The highest BCUT2D eigenvalue weighted by molar-refractivity contribution is 6.03. The molecule has 1 aromatic carbocycles. The topological polar surface area (TPSA) is 83.8 Å². The van der Waals surface area contributed by atoms with Crippen molar-refractivity contribution < 1.29 is 4.79 Å². The van der Waals surface area contributed by atoms with E-state index < -0.39 is 0 Å². The molecule has 0 aliphatic rings. The summed E-state index contributed by atoms with van der Waals surface area (Å²) in [5.74, 6) is 0.0507. The van der Waals surface area contributed by atoms with Gasteiger partial charge >= 0.3 is 0 Å². The van der Waals surface area contributed by atoms with Gasteiger partial charge in [0.25, 0.3) is 5.91 Å². The van der Waals surface area contributed by atoms with Crippen molar-refractivity contribution in [3.63, 3.8) is 0 Å². The van der Waals surface area contributed by atoms with Crippen LogP contribution in [0.1, 0.15) is 21.6 Å². The van der Waals surface area contributed by atoms with E-state index in [1.807, 2.05) is 32.0 Å². The number of anilines is 2. The molecule has 1 amide bonds. The molecule has 0 fully saturated rings. The van der Waals surface area contributed by atoms with Gasteiger partial charge in [-0.05, 0) is 37.1 Å². The molecule has 5 nitrogen and oxygen atoms in total. The highest BCUT2D eigenvalue weighted by atomic mass is 16.1. The van der Waals surface area contributed by atoms with Crippen molar-refractivity contribution >= 4 is 17.4 Å². The Hall–Kier alpha value is -2.30. The van der Waals surface area contributed by atoms with Crippen molar-refractivity contribution in [2.45, 2.75) is 13.8 Å². The number of aromatic nitrogens is 2. The average molecular weight is 230 g/mol. The number of hydrogen-bond acceptors (Lipinski definition) is 3. The summed E-state index contributed by atoms with van der Waals surface area (Å²) in [5, 5.41) is 9.06. The van der Waals surface area contributed by atoms with E-state index in [-0.39, 0.29) is 5.91 Å². The SMILES string of the molecule is Cc1cc(C)cc(NC(=O)c2cc(N)n[nH]2)c1. The van der Waals surface area contributed by atoms with Crippen LogP contribution in [0.25, 0.3) is 0 Å². The first-order valence-corrected chi connectivity index (χ1v) is 5.25. The summed E-state index contributed by atoms with van der Waals surface area (Å²) in [6.07, 6.45) is 0. The lowest BCUT2D eigenvalue weighted by molar-refractivity contribution is 0.102. The number of hydrogen-bond donors (Lipinski definition) is 3. The van der Waals surface area contributed by atoms with Gasteiger partial charge in [-0.1, -0.05) is 6.07 Å². The number of nitrogens with one attached hydrogen (secondary N) is 2. The second kappa shape index (κ2) is 4.29. The second-order valence-electron chi connectivity index (χ2n) is 4.04. The fourth-order valence-corrected chi connectivity index (χ4v) is 1.70. The van der Waals surface area contributed by atoms with E-state index >= 15 is 0 Å². The Labute approximate surface area is 99.0 Å². The molecule has 0 unspecified atom stereocenters. The Morgan fingerprint density at radius 3 is 2.41 bits per heavy atom. The fraction of sp³-hybridized carbons (Fsp3) is 0.167. The van der Waals surface area contributed by atoms with Gasteiger partial charge in [-0.25, -0.2) is 0 Å². The Morgan fingerprint density at radius 1 is 1.24 bits per heavy atom. The Balaban J connectivity index is 2.18. The van der Waals surface area contributed by atoms with Crippen molar-refractivity contribution in [3.05, 3.63) is 41.1 Å². The monoisotopic (exact) mass is 230 g/mol. The number of aryl methyl sites for hydroxylation is 2. The third kappa shape index (κ3) is 2.63. The van der Waals surface area contributed by atoms with Crippen molar-refractivity contribution in [3.8, 4) is 0 Å². The van der Waals surface area contributed by atoms with Crippen molar-refractivity contribution in [1.29, 1.82) is 0 Å². The third-order valence-electron chi connectivity index (χ3n) is 2.32. The Kier molecular flexibility index (Phi) is 2.82. The number of benzene rings is 1. The molecule has 5 heteroatoms. The third-order valence-corrected chi connectivity index (χ3v) is 2.32. The van der Waals surface area contributed by atoms with Crippen molar-refractivity contribution in [1.82, 2.24) is 10.2 Å². The maximum Gasteiger partial charge on any atom is 0.273 e. The van der Waals surface area contributed by atoms with E-state index in [1.165, 1.54) is 6.07 Å². The molecule has 2 aromatic rings. The van der Waals surface area contributed by atoms with Gasteiger partial charge in [0.1, 0.15) is 11.5 Å². The molecule has 2 rings (SSSR count). The fourth-order valence-electron chi connectivity index (χ4n) is 1.70. The molecule has 0 aliphatic carbocycles. The van der Waals surface area contributed by atoms with Gasteiger partial charge in [0, 0.05) is 11.8 Å². The molecular formula is C12H14N4O. The highest BCUT2D eigenvalue weighted by Crippen LogP contribution is 2.14. The molecule has 17 heavy (non-hydrogen) atoms. The summed E-state index contributed by atoms with van der Waals surface area (Å²) < 4.78 is 0. The van der Waals surface area contributed by atoms with Gasteiger partial charge in [-0.2, -0.15) is 5.10 Å². The summed E-state index contributed by atoms with van der Waals surface area (Å²) in [6, 6.07) is 7.36. The van der Waals surface area contributed by atoms with Crippen LogP contribution in [0.4, 0.5) is 11.5 Å². The van der Waals surface area contributed by atoms with Crippen LogP contribution in [0.5, 0.6) is 0 Å². The lowest BCUT2D eigenvalue weighted by Crippen LogP contribution is -2.12. The lowest BCUT2D eigenvalue weighted by Gasteiger charge is -2.06. The van der Waals surface area contributed by atoms with E-state index in [4.69, 9.17) is 5.73 Å². The van der Waals surface area contributed by atoms with Crippen molar-refractivity contribution in [2.75, 3.05) is 11.1 Å². The van der Waals surface area contributed by atoms with Crippen LogP contribution < -0.4 is 11.1 Å². The number of carbonyl (C=O) groups is 1. The van der Waals surface area contributed by atoms with Crippen LogP contribution >= 0.6 is 0 Å². The predicted molar refractivity (Wildman–Crippen MR) is 66.9 cm³/mol. The minimum atomic E-state index is -0.251. The van der Waals surface area contributed by atoms with Crippen molar-refractivity contribution in [2.24, 2.45) is 0 Å². The first kappa shape index (κ1) is 11.2. The average Bonchev–Trinajstić information content (AvgIpc) is 2.63. The van der Waals surface area contributed by atoms with Crippen LogP contribution in [-0.4, -0.2) is 16.1 Å². The normalized spacial score (nSPS) is 10.2. The molecular weight excluding hydrogens is 216 g/mol. The molecule has 0 bridgehead atoms. The smallest absolute Gasteiger partial charge is 0.273 e. The number of rotatable bonds is 2. The maximum absolute atomic E-state index is 11.8. The number of aromatic amines is 1. The van der Waals surface area contributed by atoms with Crippen LogP contribution in [0.3, 0.4) is 0 Å². The molecule has 0 saturated heterocycles. The molecule has 0 radical (unpaired) electrons. The van der Waals surface area contributed by atoms with E-state index in [1.54, 1.807) is 0 Å². The molecule has 0 aliphatic heterocycles. The van der Waals surface area contributed by atoms with Gasteiger partial charge in [0.2, 0.25) is 0 Å². The summed E-state index contributed by atoms with van der Waals surface area (Å²) >= 11 is 0. The summed E-state index contributed by atoms with van der Waals surface area (Å²) in [6.45, 7) is 3.97. The second-order valence-corrected chi connectivity index (χ2v) is 4.04. The highest BCUT2D eigenvalue weighted by Gasteiger charge is 2.09. The molecule has 0 atom stereocenters. The standard InChI is InChI=1S/C12H14N4O/c1-7-3-8(2)5-9(4-7)14-12(17)10-6-11(13)16-15-10/h3-6H,1-2H3,(H,14,17)(H3,13,15,16). The number of carbonyl (C=O) groups excluding carboxylic acids is 1. The molecule has 0 spiro atoms. The van der Waals surface area contributed by atoms with Gasteiger partial charge in [-0.3, -0.25) is 9.89 Å². The maximum atomic E-state index is 11.8. The number of amides is 1. The molecule has 0 saturated carbocycles. The first-order valence-electron chi connectivity index (χ1n) is 5.25. The zero-order valence-electron chi connectivity index (χ0n) is 9.74.